The van der Waals surface area contributed by atoms with E-state index in [-0.39, 0.29) is 5.54 Å². The molecule has 1 heterocycles. The van der Waals surface area contributed by atoms with Crippen molar-refractivity contribution >= 4 is 11.8 Å². The molecule has 1 aliphatic carbocycles. The van der Waals surface area contributed by atoms with Crippen molar-refractivity contribution in [3.63, 3.8) is 0 Å². The summed E-state index contributed by atoms with van der Waals surface area (Å²) in [5.74, 6) is 3.09. The van der Waals surface area contributed by atoms with E-state index in [2.05, 4.69) is 23.3 Å². The molecule has 0 radical (unpaired) electrons. The zero-order chi connectivity index (χ0) is 12.3. The summed E-state index contributed by atoms with van der Waals surface area (Å²) in [5.41, 5.74) is 6.06. The van der Waals surface area contributed by atoms with E-state index in [4.69, 9.17) is 10.3 Å². The Kier molecular flexibility index (Phi) is 4.09. The first kappa shape index (κ1) is 12.9. The number of nitrogens with zero attached hydrogens (tertiary/aromatic N) is 2. The maximum Gasteiger partial charge on any atom is 0.227 e. The van der Waals surface area contributed by atoms with Gasteiger partial charge in [0.25, 0.3) is 0 Å². The second-order valence-corrected chi connectivity index (χ2v) is 6.10. The summed E-state index contributed by atoms with van der Waals surface area (Å²) >= 11 is 1.78. The molecule has 1 saturated carbocycles. The molecule has 2 atom stereocenters. The zero-order valence-electron chi connectivity index (χ0n) is 10.6. The first-order valence-electron chi connectivity index (χ1n) is 6.25. The summed E-state index contributed by atoms with van der Waals surface area (Å²) in [6, 6.07) is 0. The van der Waals surface area contributed by atoms with Crippen LogP contribution in [0.15, 0.2) is 4.52 Å². The SMILES string of the molecule is CSCCc1nc(C2(N)CCCC(C)C2)no1. The summed E-state index contributed by atoms with van der Waals surface area (Å²) in [6.07, 6.45) is 7.26. The Morgan fingerprint density at radius 2 is 2.41 bits per heavy atom. The standard InChI is InChI=1S/C12H21N3OS/c1-9-4-3-6-12(13,8-9)11-14-10(16-15-11)5-7-17-2/h9H,3-8,13H2,1-2H3. The second-order valence-electron chi connectivity index (χ2n) is 5.11. The number of nitrogens with two attached hydrogens (primary N) is 1. The summed E-state index contributed by atoms with van der Waals surface area (Å²) in [4.78, 5) is 4.46. The van der Waals surface area contributed by atoms with Gasteiger partial charge in [-0.2, -0.15) is 16.7 Å². The lowest BCUT2D eigenvalue weighted by Crippen LogP contribution is -2.42. The molecule has 0 saturated heterocycles. The van der Waals surface area contributed by atoms with E-state index in [1.54, 1.807) is 11.8 Å². The summed E-state index contributed by atoms with van der Waals surface area (Å²) in [7, 11) is 0. The molecule has 17 heavy (non-hydrogen) atoms. The first-order chi connectivity index (χ1) is 8.14. The van der Waals surface area contributed by atoms with Gasteiger partial charge in [-0.15, -0.1) is 0 Å². The van der Waals surface area contributed by atoms with E-state index in [9.17, 15) is 0 Å². The largest absolute Gasteiger partial charge is 0.339 e. The smallest absolute Gasteiger partial charge is 0.227 e. The average Bonchev–Trinajstić information content (AvgIpc) is 2.75. The van der Waals surface area contributed by atoms with Crippen LogP contribution in [0.1, 0.15) is 44.3 Å². The van der Waals surface area contributed by atoms with Crippen molar-refractivity contribution in [1.29, 1.82) is 0 Å². The quantitative estimate of drug-likeness (QED) is 0.894. The molecular formula is C12H21N3OS. The van der Waals surface area contributed by atoms with Gasteiger partial charge >= 0.3 is 0 Å². The maximum atomic E-state index is 6.42. The fraction of sp³-hybridized carbons (Fsp3) is 0.833. The van der Waals surface area contributed by atoms with Crippen LogP contribution in [-0.2, 0) is 12.0 Å². The second kappa shape index (κ2) is 5.40. The van der Waals surface area contributed by atoms with E-state index >= 15 is 0 Å². The van der Waals surface area contributed by atoms with E-state index in [0.29, 0.717) is 11.7 Å². The fourth-order valence-electron chi connectivity index (χ4n) is 2.54. The summed E-state index contributed by atoms with van der Waals surface area (Å²) < 4.78 is 5.27. The third kappa shape index (κ3) is 3.01. The average molecular weight is 255 g/mol. The Hall–Kier alpha value is -0.550. The highest BCUT2D eigenvalue weighted by molar-refractivity contribution is 7.98. The van der Waals surface area contributed by atoms with Gasteiger partial charge in [0.1, 0.15) is 0 Å². The van der Waals surface area contributed by atoms with Gasteiger partial charge in [0, 0.05) is 12.2 Å². The Balaban J connectivity index is 2.07. The first-order valence-corrected chi connectivity index (χ1v) is 7.64. The minimum atomic E-state index is -0.362. The van der Waals surface area contributed by atoms with Gasteiger partial charge in [-0.3, -0.25) is 0 Å². The lowest BCUT2D eigenvalue weighted by molar-refractivity contribution is 0.221. The van der Waals surface area contributed by atoms with Gasteiger partial charge in [0.2, 0.25) is 5.89 Å². The normalized spacial score (nSPS) is 29.5. The van der Waals surface area contributed by atoms with Gasteiger partial charge in [-0.25, -0.2) is 0 Å². The van der Waals surface area contributed by atoms with Crippen molar-refractivity contribution in [1.82, 2.24) is 10.1 Å². The van der Waals surface area contributed by atoms with Crippen LogP contribution in [0.25, 0.3) is 0 Å². The van der Waals surface area contributed by atoms with Crippen molar-refractivity contribution in [3.05, 3.63) is 11.7 Å². The van der Waals surface area contributed by atoms with E-state index in [1.165, 1.54) is 6.42 Å². The Labute approximate surface area is 107 Å². The van der Waals surface area contributed by atoms with Crippen LogP contribution in [0, 0.1) is 5.92 Å². The molecule has 0 aliphatic heterocycles. The van der Waals surface area contributed by atoms with Gasteiger partial charge in [-0.05, 0) is 25.0 Å². The summed E-state index contributed by atoms with van der Waals surface area (Å²) in [6.45, 7) is 2.25. The molecule has 4 nitrogen and oxygen atoms in total. The molecule has 2 rings (SSSR count). The molecule has 1 fully saturated rings. The highest BCUT2D eigenvalue weighted by Gasteiger charge is 2.36. The monoisotopic (exact) mass is 255 g/mol. The molecular weight excluding hydrogens is 234 g/mol. The third-order valence-corrected chi connectivity index (χ3v) is 4.08. The lowest BCUT2D eigenvalue weighted by atomic mass is 9.76. The van der Waals surface area contributed by atoms with Crippen LogP contribution in [-0.4, -0.2) is 22.1 Å². The topological polar surface area (TPSA) is 64.9 Å². The molecule has 2 unspecified atom stereocenters. The number of aromatic nitrogens is 2. The Morgan fingerprint density at radius 3 is 3.12 bits per heavy atom. The molecule has 0 bridgehead atoms. The number of thioether (sulfide) groups is 1. The van der Waals surface area contributed by atoms with Crippen molar-refractivity contribution in [2.45, 2.75) is 44.6 Å². The van der Waals surface area contributed by atoms with Gasteiger partial charge < -0.3 is 10.3 Å². The molecule has 1 aromatic heterocycles. The van der Waals surface area contributed by atoms with Gasteiger partial charge in [-0.1, -0.05) is 24.9 Å². The molecule has 0 aromatic carbocycles. The third-order valence-electron chi connectivity index (χ3n) is 3.47. The summed E-state index contributed by atoms with van der Waals surface area (Å²) in [5, 5.41) is 4.08. The molecule has 1 aliphatic rings. The van der Waals surface area contributed by atoms with Crippen molar-refractivity contribution in [2.75, 3.05) is 12.0 Å². The number of rotatable bonds is 4. The minimum Gasteiger partial charge on any atom is -0.339 e. The molecule has 2 N–H and O–H groups in total. The van der Waals surface area contributed by atoms with Gasteiger partial charge in [0.15, 0.2) is 5.82 Å². The Bertz CT molecular complexity index is 368. The van der Waals surface area contributed by atoms with Crippen LogP contribution in [0.3, 0.4) is 0 Å². The van der Waals surface area contributed by atoms with Crippen molar-refractivity contribution < 1.29 is 4.52 Å². The molecule has 0 amide bonds. The lowest BCUT2D eigenvalue weighted by Gasteiger charge is -2.33. The van der Waals surface area contributed by atoms with E-state index in [1.807, 2.05) is 0 Å². The minimum absolute atomic E-state index is 0.362. The van der Waals surface area contributed by atoms with Crippen molar-refractivity contribution in [3.8, 4) is 0 Å². The number of hydrogen-bond donors (Lipinski definition) is 1. The van der Waals surface area contributed by atoms with E-state index in [0.717, 1.165) is 37.3 Å². The van der Waals surface area contributed by atoms with Crippen LogP contribution in [0.2, 0.25) is 0 Å². The Morgan fingerprint density at radius 1 is 1.59 bits per heavy atom. The predicted molar refractivity (Wildman–Crippen MR) is 69.9 cm³/mol. The van der Waals surface area contributed by atoms with Crippen LogP contribution in [0.4, 0.5) is 0 Å². The maximum absolute atomic E-state index is 6.42. The van der Waals surface area contributed by atoms with E-state index < -0.39 is 0 Å². The zero-order valence-corrected chi connectivity index (χ0v) is 11.4. The number of hydrogen-bond acceptors (Lipinski definition) is 5. The van der Waals surface area contributed by atoms with Gasteiger partial charge in [0.05, 0.1) is 5.54 Å². The van der Waals surface area contributed by atoms with Crippen LogP contribution < -0.4 is 5.73 Å². The molecule has 0 spiro atoms. The molecule has 96 valence electrons. The predicted octanol–water partition coefficient (Wildman–Crippen LogP) is 2.34. The highest BCUT2D eigenvalue weighted by Crippen LogP contribution is 2.36. The highest BCUT2D eigenvalue weighted by atomic mass is 32.2. The van der Waals surface area contributed by atoms with Crippen molar-refractivity contribution in [2.24, 2.45) is 11.7 Å². The molecule has 5 heteroatoms. The molecule has 1 aromatic rings. The fourth-order valence-corrected chi connectivity index (χ4v) is 2.92. The van der Waals surface area contributed by atoms with Crippen LogP contribution >= 0.6 is 11.8 Å². The van der Waals surface area contributed by atoms with Crippen LogP contribution in [0.5, 0.6) is 0 Å². The number of aryl methyl sites for hydroxylation is 1.